The molecule has 50 heavy (non-hydrogen) atoms. The van der Waals surface area contributed by atoms with Gasteiger partial charge in [0.25, 0.3) is 0 Å². The number of rotatable bonds is 3. The van der Waals surface area contributed by atoms with Gasteiger partial charge in [-0.25, -0.2) is 0 Å². The molecule has 0 N–H and O–H groups in total. The van der Waals surface area contributed by atoms with Gasteiger partial charge in [-0.3, -0.25) is 9.97 Å². The average Bonchev–Trinajstić information content (AvgIpc) is 3.19. The van der Waals surface area contributed by atoms with Gasteiger partial charge in [0.1, 0.15) is 0 Å². The Hall–Kier alpha value is -6.64. The van der Waals surface area contributed by atoms with Crippen LogP contribution in [0.2, 0.25) is 0 Å². The molecule has 11 aromatic rings. The first-order valence-corrected chi connectivity index (χ1v) is 17.1. The van der Waals surface area contributed by atoms with Crippen molar-refractivity contribution in [1.82, 2.24) is 9.97 Å². The molecule has 0 spiro atoms. The third-order valence-electron chi connectivity index (χ3n) is 10.7. The van der Waals surface area contributed by atoms with E-state index in [1.165, 1.54) is 81.1 Å². The average molecular weight is 633 g/mol. The first-order valence-electron chi connectivity index (χ1n) is 17.1. The van der Waals surface area contributed by atoms with Crippen LogP contribution >= 0.6 is 0 Å². The van der Waals surface area contributed by atoms with E-state index in [0.717, 1.165) is 27.9 Å². The summed E-state index contributed by atoms with van der Waals surface area (Å²) < 4.78 is 0. The number of nitrogens with zero attached hydrogens (tertiary/aromatic N) is 2. The maximum absolute atomic E-state index is 4.90. The van der Waals surface area contributed by atoms with Crippen molar-refractivity contribution in [2.24, 2.45) is 0 Å². The van der Waals surface area contributed by atoms with Crippen molar-refractivity contribution in [2.45, 2.75) is 0 Å². The minimum atomic E-state index is 0.867. The number of hydrogen-bond donors (Lipinski definition) is 0. The van der Waals surface area contributed by atoms with Crippen LogP contribution in [0.25, 0.3) is 109 Å². The van der Waals surface area contributed by atoms with Crippen molar-refractivity contribution in [3.05, 3.63) is 170 Å². The molecule has 10 aromatic carbocycles. The van der Waals surface area contributed by atoms with Gasteiger partial charge >= 0.3 is 0 Å². The first-order chi connectivity index (χ1) is 24.8. The molecular weight excluding hydrogens is 605 g/mol. The largest absolute Gasteiger partial charge is 0.252 e. The molecule has 230 valence electrons. The molecule has 1 heterocycles. The molecule has 0 aliphatic carbocycles. The molecule has 0 aliphatic heterocycles. The van der Waals surface area contributed by atoms with Crippen LogP contribution < -0.4 is 0 Å². The van der Waals surface area contributed by atoms with Gasteiger partial charge in [0.15, 0.2) is 0 Å². The molecule has 0 amide bonds. The van der Waals surface area contributed by atoms with E-state index in [1.54, 1.807) is 0 Å². The van der Waals surface area contributed by atoms with Crippen LogP contribution in [0, 0.1) is 0 Å². The predicted molar refractivity (Wildman–Crippen MR) is 212 cm³/mol. The summed E-state index contributed by atoms with van der Waals surface area (Å²) in [6.07, 6.45) is 3.78. The van der Waals surface area contributed by atoms with E-state index in [0.29, 0.717) is 0 Å². The Morgan fingerprint density at radius 1 is 0.280 bits per heavy atom. The molecule has 0 bridgehead atoms. The van der Waals surface area contributed by atoms with Gasteiger partial charge in [0.2, 0.25) is 0 Å². The summed E-state index contributed by atoms with van der Waals surface area (Å²) in [5.41, 5.74) is 6.29. The molecule has 0 saturated carbocycles. The SMILES string of the molecule is c1ccc(-c2cnc(-c3ccc(-c4cc5ccc6cccc7c8cccc9ccc%10cccc(c(c4)c5c67)c%10c98)c4ccccc34)cn2)cc1. The molecule has 11 rings (SSSR count). The van der Waals surface area contributed by atoms with E-state index >= 15 is 0 Å². The van der Waals surface area contributed by atoms with Gasteiger partial charge in [-0.2, -0.15) is 0 Å². The maximum Gasteiger partial charge on any atom is 0.0891 e. The molecule has 0 radical (unpaired) electrons. The fourth-order valence-electron chi connectivity index (χ4n) is 8.44. The topological polar surface area (TPSA) is 25.8 Å². The summed E-state index contributed by atoms with van der Waals surface area (Å²) in [6.45, 7) is 0. The van der Waals surface area contributed by atoms with Gasteiger partial charge in [0.05, 0.1) is 23.8 Å². The normalized spacial score (nSPS) is 12.0. The van der Waals surface area contributed by atoms with Crippen LogP contribution in [0.4, 0.5) is 0 Å². The highest BCUT2D eigenvalue weighted by molar-refractivity contribution is 6.37. The third-order valence-corrected chi connectivity index (χ3v) is 10.7. The summed E-state index contributed by atoms with van der Waals surface area (Å²) in [6, 6.07) is 57.7. The van der Waals surface area contributed by atoms with Crippen molar-refractivity contribution in [3.63, 3.8) is 0 Å². The van der Waals surface area contributed by atoms with Crippen molar-refractivity contribution in [1.29, 1.82) is 0 Å². The first kappa shape index (κ1) is 27.3. The van der Waals surface area contributed by atoms with Crippen molar-refractivity contribution >= 4 is 75.4 Å². The molecule has 0 unspecified atom stereocenters. The van der Waals surface area contributed by atoms with Crippen LogP contribution in [0.5, 0.6) is 0 Å². The Balaban J connectivity index is 1.21. The molecule has 0 saturated heterocycles. The van der Waals surface area contributed by atoms with Crippen LogP contribution in [0.1, 0.15) is 0 Å². The number of hydrogen-bond acceptors (Lipinski definition) is 2. The molecule has 2 heteroatoms. The third kappa shape index (κ3) is 3.90. The van der Waals surface area contributed by atoms with Gasteiger partial charge in [0, 0.05) is 11.1 Å². The molecule has 0 fully saturated rings. The molecule has 1 aromatic heterocycles. The van der Waals surface area contributed by atoms with Crippen LogP contribution in [0.3, 0.4) is 0 Å². The van der Waals surface area contributed by atoms with Crippen molar-refractivity contribution in [2.75, 3.05) is 0 Å². The summed E-state index contributed by atoms with van der Waals surface area (Å²) in [5, 5.41) is 17.9. The van der Waals surface area contributed by atoms with Crippen LogP contribution in [-0.2, 0) is 0 Å². The van der Waals surface area contributed by atoms with Crippen molar-refractivity contribution in [3.8, 4) is 33.6 Å². The predicted octanol–water partition coefficient (Wildman–Crippen LogP) is 13.0. The number of fused-ring (bicyclic) bond motifs is 3. The summed E-state index contributed by atoms with van der Waals surface area (Å²) in [5.74, 6) is 0. The zero-order chi connectivity index (χ0) is 32.8. The lowest BCUT2D eigenvalue weighted by atomic mass is 9.86. The second-order valence-corrected chi connectivity index (χ2v) is 13.3. The highest BCUT2D eigenvalue weighted by Gasteiger charge is 2.18. The molecule has 0 aliphatic rings. The van der Waals surface area contributed by atoms with Gasteiger partial charge < -0.3 is 0 Å². The maximum atomic E-state index is 4.90. The molecular formula is C48H28N2. The lowest BCUT2D eigenvalue weighted by molar-refractivity contribution is 1.21. The van der Waals surface area contributed by atoms with E-state index in [9.17, 15) is 0 Å². The Morgan fingerprint density at radius 3 is 1.38 bits per heavy atom. The van der Waals surface area contributed by atoms with E-state index in [4.69, 9.17) is 9.97 Å². The number of benzene rings is 9. The smallest absolute Gasteiger partial charge is 0.0891 e. The van der Waals surface area contributed by atoms with Crippen LogP contribution in [0.15, 0.2) is 170 Å². The Labute approximate surface area is 288 Å². The standard InChI is InChI=1S/C48H28N2/c1-2-9-29(10-3-1)43-27-50-44(28-49-43)38-24-23-35(36-14-4-5-15-37(36)38)34-25-33-22-21-32-12-7-17-40-39-16-6-11-30-19-20-31-13-8-18-41(47(31)45(30)39)42(26-34)48(33)46(32)40/h1-28H. The zero-order valence-electron chi connectivity index (χ0n) is 27.1. The monoisotopic (exact) mass is 632 g/mol. The Kier molecular flexibility index (Phi) is 5.70. The fourth-order valence-corrected chi connectivity index (χ4v) is 8.44. The van der Waals surface area contributed by atoms with Gasteiger partial charge in [-0.15, -0.1) is 0 Å². The second kappa shape index (κ2) is 10.4. The van der Waals surface area contributed by atoms with E-state index in [2.05, 4.69) is 140 Å². The minimum absolute atomic E-state index is 0.867. The number of aromatic nitrogens is 2. The quantitative estimate of drug-likeness (QED) is 0.181. The molecule has 2 nitrogen and oxygen atoms in total. The van der Waals surface area contributed by atoms with E-state index in [-0.39, 0.29) is 0 Å². The lowest BCUT2D eigenvalue weighted by Crippen LogP contribution is -1.92. The highest BCUT2D eigenvalue weighted by Crippen LogP contribution is 2.45. The fraction of sp³-hybridized carbons (Fsp3) is 0. The van der Waals surface area contributed by atoms with Crippen LogP contribution in [-0.4, -0.2) is 9.97 Å². The molecule has 0 atom stereocenters. The van der Waals surface area contributed by atoms with E-state index < -0.39 is 0 Å². The zero-order valence-corrected chi connectivity index (χ0v) is 27.1. The van der Waals surface area contributed by atoms with Gasteiger partial charge in [-0.1, -0.05) is 146 Å². The summed E-state index contributed by atoms with van der Waals surface area (Å²) >= 11 is 0. The van der Waals surface area contributed by atoms with Crippen molar-refractivity contribution < 1.29 is 0 Å². The minimum Gasteiger partial charge on any atom is -0.252 e. The highest BCUT2D eigenvalue weighted by atomic mass is 14.8. The lowest BCUT2D eigenvalue weighted by Gasteiger charge is -2.18. The second-order valence-electron chi connectivity index (χ2n) is 13.3. The summed E-state index contributed by atoms with van der Waals surface area (Å²) in [7, 11) is 0. The summed E-state index contributed by atoms with van der Waals surface area (Å²) in [4.78, 5) is 9.70. The van der Waals surface area contributed by atoms with E-state index in [1.807, 2.05) is 30.6 Å². The Bertz CT molecular complexity index is 3120. The van der Waals surface area contributed by atoms with Gasteiger partial charge in [-0.05, 0) is 98.7 Å². The Morgan fingerprint density at radius 2 is 0.760 bits per heavy atom.